The van der Waals surface area contributed by atoms with Crippen molar-refractivity contribution in [2.75, 3.05) is 0 Å². The molecule has 0 aromatic heterocycles. The van der Waals surface area contributed by atoms with Crippen molar-refractivity contribution in [3.8, 4) is 11.5 Å². The Kier molecular flexibility index (Phi) is 4.39. The lowest BCUT2D eigenvalue weighted by molar-refractivity contribution is -0.0342. The van der Waals surface area contributed by atoms with Gasteiger partial charge in [0.15, 0.2) is 18.8 Å². The summed E-state index contributed by atoms with van der Waals surface area (Å²) in [6, 6.07) is 11.9. The van der Waals surface area contributed by atoms with Crippen molar-refractivity contribution in [2.45, 2.75) is 44.6 Å². The van der Waals surface area contributed by atoms with Crippen LogP contribution in [0.1, 0.15) is 39.3 Å². The van der Waals surface area contributed by atoms with E-state index >= 15 is 0 Å². The Labute approximate surface area is 148 Å². The van der Waals surface area contributed by atoms with Crippen molar-refractivity contribution in [3.05, 3.63) is 58.9 Å². The van der Waals surface area contributed by atoms with E-state index in [1.54, 1.807) is 0 Å². The fourth-order valence-electron chi connectivity index (χ4n) is 2.88. The van der Waals surface area contributed by atoms with E-state index in [9.17, 15) is 4.39 Å². The lowest BCUT2D eigenvalue weighted by atomic mass is 9.47. The molecule has 0 amide bonds. The van der Waals surface area contributed by atoms with Gasteiger partial charge in [-0.05, 0) is 49.0 Å². The summed E-state index contributed by atoms with van der Waals surface area (Å²) in [7, 11) is 0.961. The van der Waals surface area contributed by atoms with E-state index in [4.69, 9.17) is 21.1 Å². The maximum absolute atomic E-state index is 13.7. The molecule has 1 aliphatic rings. The predicted octanol–water partition coefficient (Wildman–Crippen LogP) is 5.71. The Morgan fingerprint density at radius 1 is 1.08 bits per heavy atom. The van der Waals surface area contributed by atoms with Crippen LogP contribution in [0.5, 0.6) is 11.5 Å². The van der Waals surface area contributed by atoms with Gasteiger partial charge in [-0.25, -0.2) is 4.39 Å². The van der Waals surface area contributed by atoms with Gasteiger partial charge in [0.05, 0.1) is 11.6 Å². The highest BCUT2D eigenvalue weighted by atomic mass is 35.5. The van der Waals surface area contributed by atoms with Gasteiger partial charge in [-0.1, -0.05) is 37.6 Å². The number of ether oxygens (including phenoxy) is 2. The summed E-state index contributed by atoms with van der Waals surface area (Å²) in [5.41, 5.74) is 0.934. The summed E-state index contributed by atoms with van der Waals surface area (Å²) in [6.45, 7) is 8.72. The van der Waals surface area contributed by atoms with Crippen molar-refractivity contribution in [3.63, 3.8) is 0 Å². The minimum absolute atomic E-state index is 0.0620. The molecule has 0 N–H and O–H groups in total. The van der Waals surface area contributed by atoms with Crippen LogP contribution >= 0.6 is 11.6 Å². The normalized spacial score (nSPS) is 21.3. The predicted molar refractivity (Wildman–Crippen MR) is 97.0 cm³/mol. The molecule has 1 aliphatic heterocycles. The van der Waals surface area contributed by atoms with Crippen LogP contribution in [0.15, 0.2) is 42.5 Å². The third kappa shape index (κ3) is 3.31. The Balaban J connectivity index is 1.76. The molecule has 24 heavy (non-hydrogen) atoms. The molecule has 0 bridgehead atoms. The van der Waals surface area contributed by atoms with E-state index in [0.29, 0.717) is 10.8 Å². The van der Waals surface area contributed by atoms with E-state index in [1.807, 2.05) is 24.3 Å². The van der Waals surface area contributed by atoms with Crippen LogP contribution < -0.4 is 4.74 Å². The van der Waals surface area contributed by atoms with Crippen molar-refractivity contribution < 1.29 is 13.9 Å². The first-order valence-corrected chi connectivity index (χ1v) is 8.46. The second kappa shape index (κ2) is 6.09. The fraction of sp³-hybridized carbons (Fsp3) is 0.368. The van der Waals surface area contributed by atoms with E-state index in [-0.39, 0.29) is 22.7 Å². The number of hydrogen-bond acceptors (Lipinski definition) is 2. The average molecular weight is 347 g/mol. The molecular weight excluding hydrogens is 325 g/mol. The summed E-state index contributed by atoms with van der Waals surface area (Å²) in [6.07, 6.45) is 0. The Hall–Kier alpha value is -1.52. The highest BCUT2D eigenvalue weighted by Crippen LogP contribution is 2.51. The monoisotopic (exact) mass is 346 g/mol. The maximum Gasteiger partial charge on any atom is 0.173 e. The molecule has 1 atom stereocenters. The topological polar surface area (TPSA) is 18.5 Å². The molecule has 1 unspecified atom stereocenters. The lowest BCUT2D eigenvalue weighted by Gasteiger charge is -2.33. The van der Waals surface area contributed by atoms with Crippen molar-refractivity contribution in [1.82, 2.24) is 0 Å². The molecule has 1 saturated heterocycles. The Morgan fingerprint density at radius 3 is 2.33 bits per heavy atom. The zero-order valence-electron chi connectivity index (χ0n) is 14.4. The van der Waals surface area contributed by atoms with Crippen LogP contribution in [0.2, 0.25) is 10.3 Å². The molecule has 0 aliphatic carbocycles. The van der Waals surface area contributed by atoms with Crippen LogP contribution in [0.3, 0.4) is 0 Å². The van der Waals surface area contributed by atoms with Crippen LogP contribution in [0.25, 0.3) is 0 Å². The van der Waals surface area contributed by atoms with Gasteiger partial charge < -0.3 is 9.47 Å². The summed E-state index contributed by atoms with van der Waals surface area (Å²) in [4.78, 5) is 0. The number of hydrogen-bond donors (Lipinski definition) is 0. The second-order valence-corrected chi connectivity index (χ2v) is 7.89. The molecule has 2 aromatic rings. The molecule has 0 spiro atoms. The average Bonchev–Trinajstić information content (AvgIpc) is 2.72. The summed E-state index contributed by atoms with van der Waals surface area (Å²) in [5.74, 6) is 0.247. The van der Waals surface area contributed by atoms with Crippen LogP contribution in [0.4, 0.5) is 4.39 Å². The highest BCUT2D eigenvalue weighted by Gasteiger charge is 2.48. The molecule has 0 radical (unpaired) electrons. The van der Waals surface area contributed by atoms with Gasteiger partial charge in [-0.2, -0.15) is 0 Å². The first-order chi connectivity index (χ1) is 11.2. The fourth-order valence-corrected chi connectivity index (χ4v) is 3.05. The molecule has 1 heterocycles. The Bertz CT molecular complexity index is 728. The Morgan fingerprint density at radius 2 is 1.75 bits per heavy atom. The van der Waals surface area contributed by atoms with Crippen LogP contribution in [-0.2, 0) is 4.74 Å². The van der Waals surface area contributed by atoms with Crippen LogP contribution in [-0.4, -0.2) is 12.9 Å². The molecular formula is C19H21BClFO2. The van der Waals surface area contributed by atoms with Crippen molar-refractivity contribution in [1.29, 1.82) is 0 Å². The number of rotatable bonds is 3. The van der Waals surface area contributed by atoms with Gasteiger partial charge in [0.2, 0.25) is 0 Å². The van der Waals surface area contributed by atoms with Gasteiger partial charge >= 0.3 is 0 Å². The summed E-state index contributed by atoms with van der Waals surface area (Å²) in [5, 5.41) is 0.545. The third-order valence-electron chi connectivity index (χ3n) is 5.14. The van der Waals surface area contributed by atoms with Crippen molar-refractivity contribution in [2.24, 2.45) is 0 Å². The van der Waals surface area contributed by atoms with E-state index in [1.165, 1.54) is 18.2 Å². The first-order valence-electron chi connectivity index (χ1n) is 8.09. The molecule has 2 nitrogen and oxygen atoms in total. The van der Waals surface area contributed by atoms with E-state index in [2.05, 4.69) is 27.7 Å². The molecule has 3 rings (SSSR count). The smallest absolute Gasteiger partial charge is 0.173 e. The minimum Gasteiger partial charge on any atom is -0.454 e. The first kappa shape index (κ1) is 17.3. The van der Waals surface area contributed by atoms with Gasteiger partial charge in [0.1, 0.15) is 5.75 Å². The van der Waals surface area contributed by atoms with Crippen molar-refractivity contribution >= 4 is 18.9 Å². The third-order valence-corrected chi connectivity index (χ3v) is 5.37. The van der Waals surface area contributed by atoms with Gasteiger partial charge in [0.25, 0.3) is 0 Å². The molecule has 126 valence electrons. The molecule has 1 fully saturated rings. The quantitative estimate of drug-likeness (QED) is 0.662. The van der Waals surface area contributed by atoms with Crippen LogP contribution in [0, 0.1) is 5.82 Å². The zero-order valence-corrected chi connectivity index (χ0v) is 15.2. The van der Waals surface area contributed by atoms with E-state index in [0.717, 1.165) is 12.8 Å². The van der Waals surface area contributed by atoms with Gasteiger partial charge in [-0.3, -0.25) is 0 Å². The minimum atomic E-state index is -0.439. The van der Waals surface area contributed by atoms with Gasteiger partial charge in [-0.15, -0.1) is 0 Å². The van der Waals surface area contributed by atoms with Gasteiger partial charge in [0, 0.05) is 11.1 Å². The zero-order chi connectivity index (χ0) is 17.5. The molecule has 0 saturated carbocycles. The maximum atomic E-state index is 13.7. The summed E-state index contributed by atoms with van der Waals surface area (Å²) < 4.78 is 25.6. The molecule has 2 aromatic carbocycles. The molecule has 5 heteroatoms. The number of benzene rings is 2. The highest BCUT2D eigenvalue weighted by molar-refractivity contribution is 6.43. The second-order valence-electron chi connectivity index (χ2n) is 7.45. The largest absolute Gasteiger partial charge is 0.454 e. The standard InChI is InChI=1S/C19H21BClFO2/c1-18(2)19(3,4)24-17(20-18)12-5-8-14(9-6-12)23-16-11-13(21)7-10-15(16)22/h5-11,17,20H,1-4H3. The lowest BCUT2D eigenvalue weighted by Crippen LogP contribution is -2.31. The number of halogens is 2. The van der Waals surface area contributed by atoms with E-state index < -0.39 is 5.82 Å². The summed E-state index contributed by atoms with van der Waals surface area (Å²) >= 11 is 5.88. The SMILES string of the molecule is CC1(C)BC(c2ccc(Oc3cc(Cl)ccc3F)cc2)OC1(C)C.